The molecular formula is C12H11ClN2O. The maximum absolute atomic E-state index is 6.09. The molecule has 0 aliphatic rings. The predicted octanol–water partition coefficient (Wildman–Crippen LogP) is 2.99. The van der Waals surface area contributed by atoms with Gasteiger partial charge in [-0.2, -0.15) is 0 Å². The van der Waals surface area contributed by atoms with Crippen molar-refractivity contribution < 1.29 is 4.74 Å². The van der Waals surface area contributed by atoms with E-state index in [0.29, 0.717) is 10.8 Å². The lowest BCUT2D eigenvalue weighted by Gasteiger charge is -2.07. The second kappa shape index (κ2) is 4.41. The van der Waals surface area contributed by atoms with Crippen LogP contribution >= 0.6 is 11.6 Å². The monoisotopic (exact) mass is 234 g/mol. The highest BCUT2D eigenvalue weighted by molar-refractivity contribution is 6.33. The van der Waals surface area contributed by atoms with Gasteiger partial charge in [0.25, 0.3) is 0 Å². The van der Waals surface area contributed by atoms with Crippen LogP contribution in [0.4, 0.5) is 5.82 Å². The highest BCUT2D eigenvalue weighted by Gasteiger charge is 2.08. The predicted molar refractivity (Wildman–Crippen MR) is 65.6 cm³/mol. The van der Waals surface area contributed by atoms with Crippen LogP contribution in [0, 0.1) is 0 Å². The van der Waals surface area contributed by atoms with Crippen molar-refractivity contribution in [3.05, 3.63) is 41.6 Å². The van der Waals surface area contributed by atoms with E-state index in [1.807, 2.05) is 24.3 Å². The van der Waals surface area contributed by atoms with Crippen molar-refractivity contribution in [2.24, 2.45) is 0 Å². The molecule has 16 heavy (non-hydrogen) atoms. The van der Waals surface area contributed by atoms with Crippen LogP contribution in [0.5, 0.6) is 5.75 Å². The number of hydrogen-bond donors (Lipinski definition) is 1. The molecule has 0 radical (unpaired) electrons. The molecule has 0 aliphatic carbocycles. The quantitative estimate of drug-likeness (QED) is 0.869. The molecule has 2 N–H and O–H groups in total. The molecule has 0 atom stereocenters. The number of methoxy groups -OCH3 is 1. The maximum atomic E-state index is 6.09. The number of pyridine rings is 1. The summed E-state index contributed by atoms with van der Waals surface area (Å²) >= 11 is 6.09. The van der Waals surface area contributed by atoms with E-state index in [4.69, 9.17) is 22.1 Å². The van der Waals surface area contributed by atoms with Gasteiger partial charge < -0.3 is 10.5 Å². The van der Waals surface area contributed by atoms with Gasteiger partial charge in [-0.25, -0.2) is 4.98 Å². The molecule has 82 valence electrons. The third-order valence-corrected chi connectivity index (χ3v) is 2.62. The van der Waals surface area contributed by atoms with Crippen LogP contribution in [-0.2, 0) is 0 Å². The Balaban J connectivity index is 2.50. The fraction of sp³-hybridized carbons (Fsp3) is 0.0833. The SMILES string of the molecule is COc1ccc(-c2c(Cl)ccnc2N)cc1. The number of aromatic nitrogens is 1. The second-order valence-electron chi connectivity index (χ2n) is 3.28. The lowest BCUT2D eigenvalue weighted by atomic mass is 10.1. The normalized spacial score (nSPS) is 10.1. The van der Waals surface area contributed by atoms with Crippen molar-refractivity contribution in [3.8, 4) is 16.9 Å². The number of nitrogen functional groups attached to an aromatic ring is 1. The number of anilines is 1. The number of ether oxygens (including phenoxy) is 1. The number of benzene rings is 1. The lowest BCUT2D eigenvalue weighted by Crippen LogP contribution is -1.94. The van der Waals surface area contributed by atoms with E-state index in [0.717, 1.165) is 16.9 Å². The molecule has 0 saturated carbocycles. The van der Waals surface area contributed by atoms with Gasteiger partial charge in [-0.1, -0.05) is 23.7 Å². The minimum atomic E-state index is 0.428. The topological polar surface area (TPSA) is 48.1 Å². The summed E-state index contributed by atoms with van der Waals surface area (Å²) in [4.78, 5) is 4.02. The van der Waals surface area contributed by atoms with Crippen molar-refractivity contribution >= 4 is 17.4 Å². The van der Waals surface area contributed by atoms with E-state index in [2.05, 4.69) is 4.98 Å². The molecule has 4 heteroatoms. The Labute approximate surface area is 98.8 Å². The summed E-state index contributed by atoms with van der Waals surface area (Å²) in [6, 6.07) is 9.24. The molecular weight excluding hydrogens is 224 g/mol. The first-order chi connectivity index (χ1) is 7.72. The molecule has 0 aliphatic heterocycles. The first-order valence-electron chi connectivity index (χ1n) is 4.77. The van der Waals surface area contributed by atoms with Crippen molar-refractivity contribution in [3.63, 3.8) is 0 Å². The van der Waals surface area contributed by atoms with Crippen molar-refractivity contribution in [2.75, 3.05) is 12.8 Å². The highest BCUT2D eigenvalue weighted by Crippen LogP contribution is 2.32. The number of nitrogens with zero attached hydrogens (tertiary/aromatic N) is 1. The molecule has 0 bridgehead atoms. The molecule has 1 aromatic heterocycles. The molecule has 2 rings (SSSR count). The summed E-state index contributed by atoms with van der Waals surface area (Å²) < 4.78 is 5.09. The van der Waals surface area contributed by atoms with Crippen LogP contribution in [-0.4, -0.2) is 12.1 Å². The van der Waals surface area contributed by atoms with Gasteiger partial charge >= 0.3 is 0 Å². The summed E-state index contributed by atoms with van der Waals surface area (Å²) in [7, 11) is 1.63. The molecule has 0 saturated heterocycles. The first kappa shape index (κ1) is 10.8. The van der Waals surface area contributed by atoms with Crippen LogP contribution in [0.1, 0.15) is 0 Å². The third kappa shape index (κ3) is 1.95. The summed E-state index contributed by atoms with van der Waals surface area (Å²) in [5.74, 6) is 1.22. The van der Waals surface area contributed by atoms with Crippen molar-refractivity contribution in [2.45, 2.75) is 0 Å². The number of hydrogen-bond acceptors (Lipinski definition) is 3. The van der Waals surface area contributed by atoms with Gasteiger partial charge in [0.05, 0.1) is 12.1 Å². The Morgan fingerprint density at radius 1 is 1.19 bits per heavy atom. The van der Waals surface area contributed by atoms with Crippen LogP contribution in [0.25, 0.3) is 11.1 Å². The minimum Gasteiger partial charge on any atom is -0.497 e. The second-order valence-corrected chi connectivity index (χ2v) is 3.69. The highest BCUT2D eigenvalue weighted by atomic mass is 35.5. The van der Waals surface area contributed by atoms with Gasteiger partial charge in [-0.15, -0.1) is 0 Å². The van der Waals surface area contributed by atoms with E-state index < -0.39 is 0 Å². The zero-order chi connectivity index (χ0) is 11.5. The fourth-order valence-corrected chi connectivity index (χ4v) is 1.76. The van der Waals surface area contributed by atoms with Gasteiger partial charge in [0.15, 0.2) is 0 Å². The minimum absolute atomic E-state index is 0.428. The Hall–Kier alpha value is -1.74. The third-order valence-electron chi connectivity index (χ3n) is 2.31. The van der Waals surface area contributed by atoms with Crippen LogP contribution < -0.4 is 10.5 Å². The number of rotatable bonds is 2. The smallest absolute Gasteiger partial charge is 0.132 e. The molecule has 0 amide bonds. The van der Waals surface area contributed by atoms with Gasteiger partial charge in [0.2, 0.25) is 0 Å². The van der Waals surface area contributed by atoms with E-state index in [-0.39, 0.29) is 0 Å². The van der Waals surface area contributed by atoms with Crippen molar-refractivity contribution in [1.82, 2.24) is 4.98 Å². The maximum Gasteiger partial charge on any atom is 0.132 e. The van der Waals surface area contributed by atoms with Crippen LogP contribution in [0.2, 0.25) is 5.02 Å². The Morgan fingerprint density at radius 2 is 1.88 bits per heavy atom. The van der Waals surface area contributed by atoms with E-state index in [9.17, 15) is 0 Å². The van der Waals surface area contributed by atoms with Gasteiger partial charge in [0, 0.05) is 11.8 Å². The zero-order valence-corrected chi connectivity index (χ0v) is 9.53. The van der Waals surface area contributed by atoms with Gasteiger partial charge in [-0.05, 0) is 23.8 Å². The molecule has 0 unspecified atom stereocenters. The fourth-order valence-electron chi connectivity index (χ4n) is 1.50. The van der Waals surface area contributed by atoms with Gasteiger partial charge in [0.1, 0.15) is 11.6 Å². The Kier molecular flexibility index (Phi) is 2.97. The standard InChI is InChI=1S/C12H11ClN2O/c1-16-9-4-2-8(3-5-9)11-10(13)6-7-15-12(11)14/h2-7H,1H3,(H2,14,15). The van der Waals surface area contributed by atoms with Crippen LogP contribution in [0.3, 0.4) is 0 Å². The summed E-state index contributed by atoms with van der Waals surface area (Å²) in [6.45, 7) is 0. The lowest BCUT2D eigenvalue weighted by molar-refractivity contribution is 0.415. The summed E-state index contributed by atoms with van der Waals surface area (Å²) in [6.07, 6.45) is 1.59. The largest absolute Gasteiger partial charge is 0.497 e. The average molecular weight is 235 g/mol. The molecule has 0 fully saturated rings. The average Bonchev–Trinajstić information content (AvgIpc) is 2.30. The molecule has 3 nitrogen and oxygen atoms in total. The number of halogens is 1. The Morgan fingerprint density at radius 3 is 2.44 bits per heavy atom. The van der Waals surface area contributed by atoms with E-state index in [1.54, 1.807) is 19.4 Å². The first-order valence-corrected chi connectivity index (χ1v) is 5.14. The van der Waals surface area contributed by atoms with E-state index >= 15 is 0 Å². The molecule has 1 aromatic carbocycles. The van der Waals surface area contributed by atoms with Gasteiger partial charge in [-0.3, -0.25) is 0 Å². The van der Waals surface area contributed by atoms with Crippen molar-refractivity contribution in [1.29, 1.82) is 0 Å². The molecule has 1 heterocycles. The summed E-state index contributed by atoms with van der Waals surface area (Å²) in [5, 5.41) is 0.595. The molecule has 2 aromatic rings. The summed E-state index contributed by atoms with van der Waals surface area (Å²) in [5.41, 5.74) is 7.48. The van der Waals surface area contributed by atoms with E-state index in [1.165, 1.54) is 0 Å². The number of nitrogens with two attached hydrogens (primary N) is 1. The Bertz CT molecular complexity index is 477. The molecule has 0 spiro atoms. The van der Waals surface area contributed by atoms with Crippen LogP contribution in [0.15, 0.2) is 36.5 Å². The zero-order valence-electron chi connectivity index (χ0n) is 8.77.